The highest BCUT2D eigenvalue weighted by molar-refractivity contribution is 5.94. The number of benzene rings is 3. The van der Waals surface area contributed by atoms with Crippen LogP contribution in [0.25, 0.3) is 5.69 Å². The maximum Gasteiger partial charge on any atom is 0.299 e. The van der Waals surface area contributed by atoms with Crippen LogP contribution in [-0.2, 0) is 0 Å². The monoisotopic (exact) mass is 444 g/mol. The molecule has 1 amide bonds. The number of hydrogen-bond acceptors (Lipinski definition) is 5. The van der Waals surface area contributed by atoms with E-state index in [1.165, 1.54) is 30.5 Å². The van der Waals surface area contributed by atoms with E-state index < -0.39 is 11.4 Å². The van der Waals surface area contributed by atoms with Crippen LogP contribution in [0.4, 0.5) is 15.8 Å². The Kier molecular flexibility index (Phi) is 6.17. The molecule has 0 aliphatic carbocycles. The highest BCUT2D eigenvalue weighted by Gasteiger charge is 2.16. The summed E-state index contributed by atoms with van der Waals surface area (Å²) in [5.41, 5.74) is 2.12. The quantitative estimate of drug-likeness (QED) is 0.455. The van der Waals surface area contributed by atoms with Gasteiger partial charge in [-0.25, -0.2) is 4.39 Å². The zero-order valence-corrected chi connectivity index (χ0v) is 18.0. The lowest BCUT2D eigenvalue weighted by Gasteiger charge is -2.15. The molecule has 0 spiro atoms. The standard InChI is InChI=1S/C25H21FN4O3/c1-16-4-3-5-21(14-16)33-22-15-28-30(20-12-8-18(26)9-13-20)25(32)23(22)29-19-10-6-17(7-11-19)24(31)27-2/h3-15,29H,1-2H3,(H,27,31). The first-order valence-corrected chi connectivity index (χ1v) is 10.2. The summed E-state index contributed by atoms with van der Waals surface area (Å²) in [4.78, 5) is 25.2. The second-order valence-corrected chi connectivity index (χ2v) is 7.28. The number of carbonyl (C=O) groups is 1. The summed E-state index contributed by atoms with van der Waals surface area (Å²) < 4.78 is 20.5. The fourth-order valence-corrected chi connectivity index (χ4v) is 3.20. The number of anilines is 2. The number of nitrogens with one attached hydrogen (secondary N) is 2. The first-order chi connectivity index (χ1) is 15.9. The summed E-state index contributed by atoms with van der Waals surface area (Å²) in [6.45, 7) is 1.94. The Morgan fingerprint density at radius 3 is 2.42 bits per heavy atom. The number of aromatic nitrogens is 2. The van der Waals surface area contributed by atoms with E-state index in [4.69, 9.17) is 4.74 Å². The van der Waals surface area contributed by atoms with E-state index in [2.05, 4.69) is 15.7 Å². The molecule has 8 heteroatoms. The lowest BCUT2D eigenvalue weighted by Crippen LogP contribution is -2.24. The van der Waals surface area contributed by atoms with Crippen LogP contribution in [0.2, 0.25) is 0 Å². The number of carbonyl (C=O) groups excluding carboxylic acids is 1. The van der Waals surface area contributed by atoms with Gasteiger partial charge in [0.1, 0.15) is 11.6 Å². The third-order valence-electron chi connectivity index (χ3n) is 4.88. The lowest BCUT2D eigenvalue weighted by molar-refractivity contribution is 0.0963. The van der Waals surface area contributed by atoms with Gasteiger partial charge in [-0.1, -0.05) is 12.1 Å². The van der Waals surface area contributed by atoms with Gasteiger partial charge in [-0.05, 0) is 73.2 Å². The first-order valence-electron chi connectivity index (χ1n) is 10.2. The predicted octanol–water partition coefficient (Wildman–Crippen LogP) is 4.58. The SMILES string of the molecule is CNC(=O)c1ccc(Nc2c(Oc3cccc(C)c3)cnn(-c3ccc(F)cc3)c2=O)cc1. The summed E-state index contributed by atoms with van der Waals surface area (Å²) in [6, 6.07) is 19.5. The molecule has 7 nitrogen and oxygen atoms in total. The number of hydrogen-bond donors (Lipinski definition) is 2. The van der Waals surface area contributed by atoms with Crippen LogP contribution in [-0.4, -0.2) is 22.7 Å². The van der Waals surface area contributed by atoms with Crippen molar-refractivity contribution in [2.24, 2.45) is 0 Å². The number of halogens is 1. The summed E-state index contributed by atoms with van der Waals surface area (Å²) in [5, 5.41) is 9.85. The van der Waals surface area contributed by atoms with Gasteiger partial charge in [0.15, 0.2) is 11.4 Å². The molecule has 1 aromatic heterocycles. The molecule has 1 heterocycles. The number of ether oxygens (including phenoxy) is 1. The first kappa shape index (κ1) is 21.8. The van der Waals surface area contributed by atoms with Gasteiger partial charge in [-0.15, -0.1) is 0 Å². The molecule has 2 N–H and O–H groups in total. The Balaban J connectivity index is 1.76. The minimum atomic E-state index is -0.484. The largest absolute Gasteiger partial charge is 0.453 e. The van der Waals surface area contributed by atoms with Gasteiger partial charge < -0.3 is 15.4 Å². The van der Waals surface area contributed by atoms with Crippen LogP contribution in [0.5, 0.6) is 11.5 Å². The average Bonchev–Trinajstić information content (AvgIpc) is 2.82. The second-order valence-electron chi connectivity index (χ2n) is 7.28. The smallest absolute Gasteiger partial charge is 0.299 e. The van der Waals surface area contributed by atoms with Crippen molar-refractivity contribution in [3.05, 3.63) is 106 Å². The maximum absolute atomic E-state index is 13.4. The van der Waals surface area contributed by atoms with E-state index >= 15 is 0 Å². The Labute approximate surface area is 189 Å². The van der Waals surface area contributed by atoms with Gasteiger partial charge in [-0.3, -0.25) is 9.59 Å². The molecule has 166 valence electrons. The van der Waals surface area contributed by atoms with Crippen LogP contribution >= 0.6 is 0 Å². The molecule has 0 fully saturated rings. The summed E-state index contributed by atoms with van der Waals surface area (Å²) in [5.74, 6) is 0.140. The normalized spacial score (nSPS) is 10.5. The molecular formula is C25H21FN4O3. The van der Waals surface area contributed by atoms with Crippen molar-refractivity contribution in [3.8, 4) is 17.2 Å². The number of rotatable bonds is 6. The summed E-state index contributed by atoms with van der Waals surface area (Å²) >= 11 is 0. The van der Waals surface area contributed by atoms with Gasteiger partial charge in [0.25, 0.3) is 11.5 Å². The molecule has 3 aromatic carbocycles. The lowest BCUT2D eigenvalue weighted by atomic mass is 10.2. The average molecular weight is 444 g/mol. The minimum absolute atomic E-state index is 0.142. The van der Waals surface area contributed by atoms with E-state index in [1.54, 1.807) is 37.4 Å². The molecule has 0 bridgehead atoms. The fraction of sp³-hybridized carbons (Fsp3) is 0.0800. The highest BCUT2D eigenvalue weighted by Crippen LogP contribution is 2.29. The maximum atomic E-state index is 13.4. The van der Waals surface area contributed by atoms with Gasteiger partial charge in [-0.2, -0.15) is 9.78 Å². The number of amides is 1. The summed E-state index contributed by atoms with van der Waals surface area (Å²) in [7, 11) is 1.55. The van der Waals surface area contributed by atoms with Crippen molar-refractivity contribution in [3.63, 3.8) is 0 Å². The molecule has 33 heavy (non-hydrogen) atoms. The van der Waals surface area contributed by atoms with Gasteiger partial charge in [0.05, 0.1) is 11.9 Å². The predicted molar refractivity (Wildman–Crippen MR) is 124 cm³/mol. The Morgan fingerprint density at radius 1 is 1.03 bits per heavy atom. The van der Waals surface area contributed by atoms with Gasteiger partial charge >= 0.3 is 0 Å². The van der Waals surface area contributed by atoms with E-state index in [-0.39, 0.29) is 17.3 Å². The van der Waals surface area contributed by atoms with Crippen molar-refractivity contribution in [1.29, 1.82) is 0 Å². The zero-order chi connectivity index (χ0) is 23.4. The number of nitrogens with zero attached hydrogens (tertiary/aromatic N) is 2. The van der Waals surface area contributed by atoms with E-state index in [1.807, 2.05) is 25.1 Å². The van der Waals surface area contributed by atoms with Crippen molar-refractivity contribution in [1.82, 2.24) is 15.1 Å². The van der Waals surface area contributed by atoms with Crippen LogP contribution in [0.1, 0.15) is 15.9 Å². The Hall–Kier alpha value is -4.46. The van der Waals surface area contributed by atoms with Gasteiger partial charge in [0.2, 0.25) is 0 Å². The molecule has 0 aliphatic heterocycles. The minimum Gasteiger partial charge on any atom is -0.453 e. The molecular weight excluding hydrogens is 423 g/mol. The van der Waals surface area contributed by atoms with Crippen LogP contribution < -0.4 is 20.9 Å². The fourth-order valence-electron chi connectivity index (χ4n) is 3.20. The second kappa shape index (κ2) is 9.35. The third kappa shape index (κ3) is 4.90. The van der Waals surface area contributed by atoms with Crippen LogP contribution in [0.15, 0.2) is 83.8 Å². The van der Waals surface area contributed by atoms with E-state index in [0.717, 1.165) is 10.2 Å². The highest BCUT2D eigenvalue weighted by atomic mass is 19.1. The third-order valence-corrected chi connectivity index (χ3v) is 4.88. The molecule has 0 atom stereocenters. The van der Waals surface area contributed by atoms with Crippen molar-refractivity contribution >= 4 is 17.3 Å². The van der Waals surface area contributed by atoms with Crippen molar-refractivity contribution in [2.75, 3.05) is 12.4 Å². The van der Waals surface area contributed by atoms with E-state index in [0.29, 0.717) is 22.7 Å². The van der Waals surface area contributed by atoms with Crippen molar-refractivity contribution in [2.45, 2.75) is 6.92 Å². The molecule has 4 aromatic rings. The molecule has 0 radical (unpaired) electrons. The molecule has 0 saturated carbocycles. The van der Waals surface area contributed by atoms with Crippen LogP contribution in [0.3, 0.4) is 0 Å². The molecule has 0 aliphatic rings. The van der Waals surface area contributed by atoms with E-state index in [9.17, 15) is 14.0 Å². The number of aryl methyl sites for hydroxylation is 1. The summed E-state index contributed by atoms with van der Waals surface area (Å²) in [6.07, 6.45) is 1.42. The molecule has 0 unspecified atom stereocenters. The molecule has 4 rings (SSSR count). The van der Waals surface area contributed by atoms with Crippen molar-refractivity contribution < 1.29 is 13.9 Å². The zero-order valence-electron chi connectivity index (χ0n) is 18.0. The topological polar surface area (TPSA) is 85.2 Å². The Bertz CT molecular complexity index is 1350. The molecule has 0 saturated heterocycles. The van der Waals surface area contributed by atoms with Crippen LogP contribution in [0, 0.1) is 12.7 Å². The Morgan fingerprint density at radius 2 is 1.76 bits per heavy atom. The van der Waals surface area contributed by atoms with Gasteiger partial charge in [0, 0.05) is 18.3 Å².